The van der Waals surface area contributed by atoms with E-state index in [9.17, 15) is 5.11 Å². The lowest BCUT2D eigenvalue weighted by Crippen LogP contribution is -2.40. The SMILES string of the molecule is CCn1nc(C)c(Cl)c1CC(O)C(C)(C)OC. The van der Waals surface area contributed by atoms with E-state index < -0.39 is 11.7 Å². The van der Waals surface area contributed by atoms with Crippen molar-refractivity contribution in [1.29, 1.82) is 0 Å². The van der Waals surface area contributed by atoms with E-state index in [1.54, 1.807) is 7.11 Å². The first kappa shape index (κ1) is 14.5. The number of aliphatic hydroxyl groups is 1. The molecule has 0 fully saturated rings. The molecule has 0 amide bonds. The highest BCUT2D eigenvalue weighted by Gasteiger charge is 2.29. The number of methoxy groups -OCH3 is 1. The van der Waals surface area contributed by atoms with Crippen LogP contribution >= 0.6 is 11.6 Å². The summed E-state index contributed by atoms with van der Waals surface area (Å²) in [5, 5.41) is 15.1. The van der Waals surface area contributed by atoms with Crippen LogP contribution in [0.4, 0.5) is 0 Å². The summed E-state index contributed by atoms with van der Waals surface area (Å²) in [4.78, 5) is 0. The Morgan fingerprint density at radius 2 is 2.12 bits per heavy atom. The number of ether oxygens (including phenoxy) is 1. The van der Waals surface area contributed by atoms with Crippen LogP contribution < -0.4 is 0 Å². The van der Waals surface area contributed by atoms with Gasteiger partial charge in [-0.1, -0.05) is 11.6 Å². The van der Waals surface area contributed by atoms with Crippen molar-refractivity contribution in [2.75, 3.05) is 7.11 Å². The van der Waals surface area contributed by atoms with Gasteiger partial charge >= 0.3 is 0 Å². The number of rotatable bonds is 5. The Labute approximate surface area is 108 Å². The molecule has 17 heavy (non-hydrogen) atoms. The van der Waals surface area contributed by atoms with E-state index in [1.807, 2.05) is 32.4 Å². The molecule has 1 aromatic rings. The van der Waals surface area contributed by atoms with Crippen LogP contribution in [0, 0.1) is 6.92 Å². The van der Waals surface area contributed by atoms with Crippen LogP contribution in [0.3, 0.4) is 0 Å². The molecular weight excluding hydrogens is 240 g/mol. The summed E-state index contributed by atoms with van der Waals surface area (Å²) in [7, 11) is 1.59. The molecule has 98 valence electrons. The van der Waals surface area contributed by atoms with Crippen molar-refractivity contribution < 1.29 is 9.84 Å². The van der Waals surface area contributed by atoms with Gasteiger partial charge in [0.05, 0.1) is 28.1 Å². The fourth-order valence-electron chi connectivity index (χ4n) is 1.63. The van der Waals surface area contributed by atoms with E-state index >= 15 is 0 Å². The van der Waals surface area contributed by atoms with E-state index in [1.165, 1.54) is 0 Å². The monoisotopic (exact) mass is 260 g/mol. The lowest BCUT2D eigenvalue weighted by molar-refractivity contribution is -0.0771. The fourth-order valence-corrected chi connectivity index (χ4v) is 1.84. The summed E-state index contributed by atoms with van der Waals surface area (Å²) in [6, 6.07) is 0. The van der Waals surface area contributed by atoms with Gasteiger partial charge in [-0.3, -0.25) is 4.68 Å². The Kier molecular flexibility index (Phi) is 4.58. The van der Waals surface area contributed by atoms with Gasteiger partial charge < -0.3 is 9.84 Å². The third kappa shape index (κ3) is 3.00. The van der Waals surface area contributed by atoms with Gasteiger partial charge in [0, 0.05) is 20.1 Å². The van der Waals surface area contributed by atoms with Gasteiger partial charge in [0.15, 0.2) is 0 Å². The van der Waals surface area contributed by atoms with E-state index in [0.29, 0.717) is 11.4 Å². The predicted octanol–water partition coefficient (Wildman–Crippen LogP) is 2.19. The van der Waals surface area contributed by atoms with Gasteiger partial charge in [-0.05, 0) is 27.7 Å². The quantitative estimate of drug-likeness (QED) is 0.883. The van der Waals surface area contributed by atoms with Crippen LogP contribution in [0.5, 0.6) is 0 Å². The zero-order valence-corrected chi connectivity index (χ0v) is 11.9. The topological polar surface area (TPSA) is 47.3 Å². The molecule has 1 heterocycles. The maximum atomic E-state index is 10.2. The smallest absolute Gasteiger partial charge is 0.0884 e. The zero-order chi connectivity index (χ0) is 13.2. The van der Waals surface area contributed by atoms with Gasteiger partial charge in [-0.25, -0.2) is 0 Å². The molecule has 0 radical (unpaired) electrons. The molecule has 1 aromatic heterocycles. The van der Waals surface area contributed by atoms with Crippen LogP contribution in [0.25, 0.3) is 0 Å². The predicted molar refractivity (Wildman–Crippen MR) is 68.4 cm³/mol. The normalized spacial score (nSPS) is 14.1. The van der Waals surface area contributed by atoms with Crippen molar-refractivity contribution in [3.8, 4) is 0 Å². The van der Waals surface area contributed by atoms with Crippen molar-refractivity contribution in [2.45, 2.75) is 52.4 Å². The molecule has 1 rings (SSSR count). The maximum Gasteiger partial charge on any atom is 0.0884 e. The van der Waals surface area contributed by atoms with E-state index in [2.05, 4.69) is 5.10 Å². The van der Waals surface area contributed by atoms with Crippen molar-refractivity contribution >= 4 is 11.6 Å². The first-order chi connectivity index (χ1) is 7.83. The van der Waals surface area contributed by atoms with Crippen LogP contribution in [0.1, 0.15) is 32.2 Å². The third-order valence-electron chi connectivity index (χ3n) is 3.17. The van der Waals surface area contributed by atoms with E-state index in [4.69, 9.17) is 16.3 Å². The summed E-state index contributed by atoms with van der Waals surface area (Å²) < 4.78 is 7.10. The molecule has 4 nitrogen and oxygen atoms in total. The Morgan fingerprint density at radius 3 is 2.59 bits per heavy atom. The Bertz CT molecular complexity index is 388. The Hall–Kier alpha value is -0.580. The van der Waals surface area contributed by atoms with Crippen LogP contribution in [-0.4, -0.2) is 33.7 Å². The van der Waals surface area contributed by atoms with Crippen molar-refractivity contribution in [1.82, 2.24) is 9.78 Å². The Morgan fingerprint density at radius 1 is 1.53 bits per heavy atom. The molecule has 0 bridgehead atoms. The third-order valence-corrected chi connectivity index (χ3v) is 3.66. The molecule has 0 spiro atoms. The van der Waals surface area contributed by atoms with Crippen LogP contribution in [-0.2, 0) is 17.7 Å². The average Bonchev–Trinajstić information content (AvgIpc) is 2.56. The molecule has 1 N–H and O–H groups in total. The second kappa shape index (κ2) is 5.38. The highest BCUT2D eigenvalue weighted by atomic mass is 35.5. The minimum Gasteiger partial charge on any atom is -0.390 e. The molecular formula is C12H21ClN2O2. The standard InChI is InChI=1S/C12H21ClN2O2/c1-6-15-9(11(13)8(2)14-15)7-10(16)12(3,4)17-5/h10,16H,6-7H2,1-5H3. The van der Waals surface area contributed by atoms with Crippen molar-refractivity contribution in [2.24, 2.45) is 0 Å². The number of hydrogen-bond acceptors (Lipinski definition) is 3. The molecule has 1 unspecified atom stereocenters. The second-order valence-electron chi connectivity index (χ2n) is 4.69. The van der Waals surface area contributed by atoms with Gasteiger partial charge in [-0.15, -0.1) is 0 Å². The van der Waals surface area contributed by atoms with Crippen LogP contribution in [0.2, 0.25) is 5.02 Å². The zero-order valence-electron chi connectivity index (χ0n) is 11.1. The highest BCUT2D eigenvalue weighted by molar-refractivity contribution is 6.31. The fraction of sp³-hybridized carbons (Fsp3) is 0.750. The number of nitrogens with zero attached hydrogens (tertiary/aromatic N) is 2. The first-order valence-corrected chi connectivity index (χ1v) is 6.16. The number of halogens is 1. The summed E-state index contributed by atoms with van der Waals surface area (Å²) in [6.07, 6.45) is -0.180. The van der Waals surface area contributed by atoms with E-state index in [0.717, 1.165) is 17.9 Å². The largest absolute Gasteiger partial charge is 0.390 e. The maximum absolute atomic E-state index is 10.2. The number of hydrogen-bond donors (Lipinski definition) is 1. The number of aromatic nitrogens is 2. The van der Waals surface area contributed by atoms with Gasteiger partial charge in [0.25, 0.3) is 0 Å². The molecule has 0 saturated carbocycles. The lowest BCUT2D eigenvalue weighted by atomic mass is 9.97. The van der Waals surface area contributed by atoms with Gasteiger partial charge in [0.2, 0.25) is 0 Å². The number of aliphatic hydroxyl groups excluding tert-OH is 1. The first-order valence-electron chi connectivity index (χ1n) is 5.78. The Balaban J connectivity index is 2.95. The molecule has 0 aliphatic rings. The minimum absolute atomic E-state index is 0.439. The molecule has 0 aliphatic heterocycles. The summed E-state index contributed by atoms with van der Waals surface area (Å²) in [5.74, 6) is 0. The highest BCUT2D eigenvalue weighted by Crippen LogP contribution is 2.25. The second-order valence-corrected chi connectivity index (χ2v) is 5.07. The number of aryl methyl sites for hydroxylation is 2. The van der Waals surface area contributed by atoms with Gasteiger partial charge in [-0.2, -0.15) is 5.10 Å². The average molecular weight is 261 g/mol. The molecule has 1 atom stereocenters. The van der Waals surface area contributed by atoms with Crippen molar-refractivity contribution in [3.63, 3.8) is 0 Å². The summed E-state index contributed by atoms with van der Waals surface area (Å²) in [6.45, 7) is 8.31. The van der Waals surface area contributed by atoms with Crippen LogP contribution in [0.15, 0.2) is 0 Å². The lowest BCUT2D eigenvalue weighted by Gasteiger charge is -2.29. The van der Waals surface area contributed by atoms with E-state index in [-0.39, 0.29) is 0 Å². The van der Waals surface area contributed by atoms with Crippen molar-refractivity contribution in [3.05, 3.63) is 16.4 Å². The summed E-state index contributed by atoms with van der Waals surface area (Å²) >= 11 is 6.19. The summed E-state index contributed by atoms with van der Waals surface area (Å²) in [5.41, 5.74) is 1.07. The molecule has 0 aliphatic carbocycles. The molecule has 0 aromatic carbocycles. The van der Waals surface area contributed by atoms with Gasteiger partial charge in [0.1, 0.15) is 0 Å². The minimum atomic E-state index is -0.619. The molecule has 5 heteroatoms. The molecule has 0 saturated heterocycles.